The topological polar surface area (TPSA) is 40.1 Å². The number of carboxylic acids is 1. The molecule has 0 spiro atoms. The minimum atomic E-state index is -1.07. The summed E-state index contributed by atoms with van der Waals surface area (Å²) in [6.07, 6.45) is 0. The number of hydrogen-bond acceptors (Lipinski definition) is 2. The van der Waals surface area contributed by atoms with Crippen LogP contribution in [-0.2, 0) is 4.79 Å². The Morgan fingerprint density at radius 3 is 2.00 bits per heavy atom. The Morgan fingerprint density at radius 1 is 1.86 bits per heavy atom. The van der Waals surface area contributed by atoms with Crippen molar-refractivity contribution in [2.24, 2.45) is 0 Å². The zero-order valence-electron chi connectivity index (χ0n) is 4.27. The molecule has 0 saturated carbocycles. The predicted octanol–water partition coefficient (Wildman–Crippen LogP) is -3.48. The molecule has 0 bridgehead atoms. The molecular weight excluding hydrogens is 171 g/mol. The standard InChI is InChI=1S/C3H5BrO2.Na/c1-2(4)3(5)6;/h2H,1H3,(H,5,6);/q;+1/p-1/t2-;/m0./s1. The fourth-order valence-electron chi connectivity index (χ4n) is 0. The molecule has 0 fully saturated rings. The molecule has 0 aliphatic heterocycles. The number of carboxylic acid groups (broad SMARTS) is 1. The maximum absolute atomic E-state index is 9.54. The third-order valence-electron chi connectivity index (χ3n) is 0.325. The van der Waals surface area contributed by atoms with E-state index in [4.69, 9.17) is 0 Å². The van der Waals surface area contributed by atoms with E-state index in [-0.39, 0.29) is 29.6 Å². The average molecular weight is 175 g/mol. The maximum Gasteiger partial charge on any atom is 1.00 e. The van der Waals surface area contributed by atoms with Gasteiger partial charge in [0, 0.05) is 0 Å². The quantitative estimate of drug-likeness (QED) is 0.306. The Hall–Kier alpha value is 0.950. The first kappa shape index (κ1) is 10.8. The number of halogens is 1. The van der Waals surface area contributed by atoms with Crippen molar-refractivity contribution in [1.29, 1.82) is 0 Å². The van der Waals surface area contributed by atoms with Crippen LogP contribution >= 0.6 is 15.9 Å². The van der Waals surface area contributed by atoms with Crippen LogP contribution in [0.1, 0.15) is 6.92 Å². The second-order valence-electron chi connectivity index (χ2n) is 0.935. The first-order chi connectivity index (χ1) is 2.64. The van der Waals surface area contributed by atoms with E-state index in [9.17, 15) is 9.90 Å². The van der Waals surface area contributed by atoms with Crippen molar-refractivity contribution in [1.82, 2.24) is 0 Å². The third-order valence-corrected chi connectivity index (χ3v) is 0.699. The molecule has 0 rings (SSSR count). The molecule has 0 unspecified atom stereocenters. The number of rotatable bonds is 1. The molecule has 0 aromatic heterocycles. The summed E-state index contributed by atoms with van der Waals surface area (Å²) in [5.41, 5.74) is 0. The van der Waals surface area contributed by atoms with E-state index in [1.165, 1.54) is 6.92 Å². The molecule has 0 aromatic carbocycles. The molecule has 36 valence electrons. The zero-order valence-corrected chi connectivity index (χ0v) is 7.86. The van der Waals surface area contributed by atoms with Gasteiger partial charge in [0.05, 0.1) is 10.8 Å². The summed E-state index contributed by atoms with van der Waals surface area (Å²) in [4.78, 5) is 9.01. The fourth-order valence-corrected chi connectivity index (χ4v) is 0. The molecule has 0 aliphatic rings. The molecule has 0 heterocycles. The predicted molar refractivity (Wildman–Crippen MR) is 23.4 cm³/mol. The number of carbonyl (C=O) groups is 1. The Morgan fingerprint density at radius 2 is 2.00 bits per heavy atom. The molecule has 0 saturated heterocycles. The van der Waals surface area contributed by atoms with Gasteiger partial charge in [-0.15, -0.1) is 0 Å². The molecule has 0 aromatic rings. The summed E-state index contributed by atoms with van der Waals surface area (Å²) in [6, 6.07) is 0. The van der Waals surface area contributed by atoms with Crippen LogP contribution in [0.3, 0.4) is 0 Å². The van der Waals surface area contributed by atoms with Gasteiger partial charge in [0.1, 0.15) is 0 Å². The van der Waals surface area contributed by atoms with Gasteiger partial charge < -0.3 is 9.90 Å². The van der Waals surface area contributed by atoms with E-state index < -0.39 is 10.8 Å². The van der Waals surface area contributed by atoms with Crippen LogP contribution in [0.15, 0.2) is 0 Å². The average Bonchev–Trinajstić information content (AvgIpc) is 1.36. The van der Waals surface area contributed by atoms with E-state index in [1.807, 2.05) is 0 Å². The molecule has 4 heteroatoms. The number of alkyl halides is 1. The van der Waals surface area contributed by atoms with Crippen LogP contribution in [0.5, 0.6) is 0 Å². The molecule has 0 radical (unpaired) electrons. The smallest absolute Gasteiger partial charge is 0.549 e. The van der Waals surface area contributed by atoms with Crippen LogP contribution in [0.25, 0.3) is 0 Å². The molecule has 2 nitrogen and oxygen atoms in total. The normalized spacial score (nSPS) is 11.7. The largest absolute Gasteiger partial charge is 1.00 e. The first-order valence-electron chi connectivity index (χ1n) is 1.49. The Kier molecular flexibility index (Phi) is 7.89. The van der Waals surface area contributed by atoms with Gasteiger partial charge in [0.25, 0.3) is 0 Å². The van der Waals surface area contributed by atoms with Crippen molar-refractivity contribution in [2.75, 3.05) is 0 Å². The van der Waals surface area contributed by atoms with Crippen molar-refractivity contribution in [3.8, 4) is 0 Å². The minimum absolute atomic E-state index is 0. The van der Waals surface area contributed by atoms with Crippen molar-refractivity contribution in [3.05, 3.63) is 0 Å². The van der Waals surface area contributed by atoms with E-state index in [2.05, 4.69) is 15.9 Å². The van der Waals surface area contributed by atoms with Gasteiger partial charge in [0.15, 0.2) is 0 Å². The minimum Gasteiger partial charge on any atom is -0.549 e. The molecule has 0 amide bonds. The van der Waals surface area contributed by atoms with Gasteiger partial charge in [0.2, 0.25) is 0 Å². The maximum atomic E-state index is 9.54. The zero-order chi connectivity index (χ0) is 5.15. The fraction of sp³-hybridized carbons (Fsp3) is 0.667. The summed E-state index contributed by atoms with van der Waals surface area (Å²) in [5, 5.41) is 9.54. The summed E-state index contributed by atoms with van der Waals surface area (Å²) < 4.78 is 0. The van der Waals surface area contributed by atoms with Crippen molar-refractivity contribution < 1.29 is 39.5 Å². The summed E-state index contributed by atoms with van der Waals surface area (Å²) in [6.45, 7) is 1.50. The Bertz CT molecular complexity index is 64.0. The molecular formula is C3H4BrNaO2. The summed E-state index contributed by atoms with van der Waals surface area (Å²) in [7, 11) is 0. The van der Waals surface area contributed by atoms with Gasteiger partial charge in [-0.05, 0) is 6.92 Å². The van der Waals surface area contributed by atoms with Gasteiger partial charge in [-0.25, -0.2) is 0 Å². The van der Waals surface area contributed by atoms with Crippen molar-refractivity contribution in [3.63, 3.8) is 0 Å². The third kappa shape index (κ3) is 6.95. The van der Waals surface area contributed by atoms with E-state index in [0.717, 1.165) is 0 Å². The van der Waals surface area contributed by atoms with Gasteiger partial charge in [-0.3, -0.25) is 0 Å². The van der Waals surface area contributed by atoms with Crippen LogP contribution in [-0.4, -0.2) is 10.8 Å². The van der Waals surface area contributed by atoms with Crippen LogP contribution in [0, 0.1) is 0 Å². The van der Waals surface area contributed by atoms with Crippen molar-refractivity contribution in [2.45, 2.75) is 11.8 Å². The summed E-state index contributed by atoms with van der Waals surface area (Å²) in [5.74, 6) is -1.07. The van der Waals surface area contributed by atoms with Crippen LogP contribution in [0.2, 0.25) is 0 Å². The first-order valence-corrected chi connectivity index (χ1v) is 2.41. The van der Waals surface area contributed by atoms with Gasteiger partial charge in [-0.1, -0.05) is 15.9 Å². The molecule has 7 heavy (non-hydrogen) atoms. The van der Waals surface area contributed by atoms with Gasteiger partial charge in [-0.2, -0.15) is 0 Å². The number of hydrogen-bond donors (Lipinski definition) is 0. The molecule has 0 N–H and O–H groups in total. The summed E-state index contributed by atoms with van der Waals surface area (Å²) >= 11 is 2.78. The van der Waals surface area contributed by atoms with Crippen LogP contribution in [0.4, 0.5) is 0 Å². The van der Waals surface area contributed by atoms with Crippen LogP contribution < -0.4 is 34.7 Å². The second-order valence-corrected chi connectivity index (χ2v) is 2.31. The monoisotopic (exact) mass is 174 g/mol. The SMILES string of the molecule is C[C@H](Br)C(=O)[O-].[Na+]. The number of aliphatic carboxylic acids is 1. The van der Waals surface area contributed by atoms with E-state index in [1.54, 1.807) is 0 Å². The van der Waals surface area contributed by atoms with E-state index >= 15 is 0 Å². The Labute approximate surface area is 72.7 Å². The molecule has 0 aliphatic carbocycles. The molecule has 1 atom stereocenters. The Balaban J connectivity index is 0. The van der Waals surface area contributed by atoms with E-state index in [0.29, 0.717) is 0 Å². The van der Waals surface area contributed by atoms with Gasteiger partial charge >= 0.3 is 29.6 Å². The number of carbonyl (C=O) groups excluding carboxylic acids is 1. The van der Waals surface area contributed by atoms with Crippen molar-refractivity contribution >= 4 is 21.9 Å². The second kappa shape index (κ2) is 5.09.